The lowest BCUT2D eigenvalue weighted by molar-refractivity contribution is 0.432. The zero-order valence-electron chi connectivity index (χ0n) is 17.0. The molecule has 0 amide bonds. The zero-order valence-corrected chi connectivity index (χ0v) is 17.7. The molecule has 0 aliphatic heterocycles. The lowest BCUT2D eigenvalue weighted by Gasteiger charge is -2.10. The Hall–Kier alpha value is -3.70. The molecule has 6 heteroatoms. The van der Waals surface area contributed by atoms with Crippen molar-refractivity contribution in [3.05, 3.63) is 99.4 Å². The summed E-state index contributed by atoms with van der Waals surface area (Å²) in [6, 6.07) is 20.6. The molecule has 152 valence electrons. The van der Waals surface area contributed by atoms with E-state index in [-0.39, 0.29) is 5.56 Å². The van der Waals surface area contributed by atoms with Gasteiger partial charge in [0.15, 0.2) is 0 Å². The van der Waals surface area contributed by atoms with Crippen LogP contribution in [0.25, 0.3) is 39.3 Å². The normalized spacial score (nSPS) is 11.2. The molecule has 0 saturated carbocycles. The number of benzene rings is 3. The van der Waals surface area contributed by atoms with Gasteiger partial charge in [0.2, 0.25) is 5.82 Å². The summed E-state index contributed by atoms with van der Waals surface area (Å²) >= 11 is 6.02. The molecule has 0 aliphatic carbocycles. The van der Waals surface area contributed by atoms with Gasteiger partial charge in [-0.25, -0.2) is 0 Å². The van der Waals surface area contributed by atoms with Gasteiger partial charge in [-0.2, -0.15) is 4.98 Å². The van der Waals surface area contributed by atoms with Gasteiger partial charge in [-0.3, -0.25) is 9.36 Å². The van der Waals surface area contributed by atoms with Crippen molar-refractivity contribution in [1.29, 1.82) is 0 Å². The van der Waals surface area contributed by atoms with Crippen LogP contribution in [-0.4, -0.2) is 14.7 Å². The quantitative estimate of drug-likeness (QED) is 0.355. The summed E-state index contributed by atoms with van der Waals surface area (Å²) in [6.45, 7) is 4.11. The lowest BCUT2D eigenvalue weighted by Crippen LogP contribution is -2.18. The Morgan fingerprint density at radius 1 is 0.903 bits per heavy atom. The molecular formula is C25H18ClN3O2. The second-order valence-electron chi connectivity index (χ2n) is 7.46. The van der Waals surface area contributed by atoms with Crippen LogP contribution < -0.4 is 5.56 Å². The van der Waals surface area contributed by atoms with Crippen molar-refractivity contribution in [2.24, 2.45) is 0 Å². The van der Waals surface area contributed by atoms with Crippen LogP contribution in [0.4, 0.5) is 0 Å². The number of aryl methyl sites for hydroxylation is 2. The van der Waals surface area contributed by atoms with E-state index in [0.717, 1.165) is 16.5 Å². The van der Waals surface area contributed by atoms with Crippen LogP contribution in [0, 0.1) is 13.8 Å². The van der Waals surface area contributed by atoms with Gasteiger partial charge >= 0.3 is 0 Å². The molecule has 5 aromatic rings. The minimum Gasteiger partial charge on any atom is -0.334 e. The molecule has 5 nitrogen and oxygen atoms in total. The molecule has 0 bridgehead atoms. The highest BCUT2D eigenvalue weighted by atomic mass is 35.5. The van der Waals surface area contributed by atoms with Gasteiger partial charge in [0.1, 0.15) is 0 Å². The van der Waals surface area contributed by atoms with E-state index >= 15 is 0 Å². The first kappa shape index (κ1) is 19.3. The highest BCUT2D eigenvalue weighted by Crippen LogP contribution is 2.29. The highest BCUT2D eigenvalue weighted by molar-refractivity contribution is 6.30. The van der Waals surface area contributed by atoms with E-state index in [1.54, 1.807) is 41.1 Å². The van der Waals surface area contributed by atoms with Crippen molar-refractivity contribution in [3.8, 4) is 28.5 Å². The molecule has 0 unspecified atom stereocenters. The molecule has 31 heavy (non-hydrogen) atoms. The molecule has 2 heterocycles. The Bertz CT molecular complexity index is 1480. The second kappa shape index (κ2) is 7.52. The molecule has 0 saturated heterocycles. The Labute approximate surface area is 183 Å². The maximum atomic E-state index is 13.2. The third-order valence-electron chi connectivity index (χ3n) is 5.45. The van der Waals surface area contributed by atoms with Crippen LogP contribution in [0.15, 0.2) is 82.2 Å². The summed E-state index contributed by atoms with van der Waals surface area (Å²) in [5, 5.41) is 6.12. The van der Waals surface area contributed by atoms with Crippen LogP contribution in [-0.2, 0) is 0 Å². The van der Waals surface area contributed by atoms with Crippen LogP contribution >= 0.6 is 11.6 Å². The summed E-state index contributed by atoms with van der Waals surface area (Å²) in [6.07, 6.45) is 1.74. The third-order valence-corrected chi connectivity index (χ3v) is 5.70. The van der Waals surface area contributed by atoms with Crippen molar-refractivity contribution in [2.45, 2.75) is 13.8 Å². The zero-order chi connectivity index (χ0) is 21.5. The fourth-order valence-electron chi connectivity index (χ4n) is 3.59. The smallest absolute Gasteiger partial charge is 0.262 e. The molecule has 3 aromatic carbocycles. The number of aromatic nitrogens is 3. The number of fused-ring (bicyclic) bond motifs is 1. The molecule has 0 aliphatic rings. The van der Waals surface area contributed by atoms with Gasteiger partial charge in [-0.1, -0.05) is 47.1 Å². The van der Waals surface area contributed by atoms with E-state index in [4.69, 9.17) is 16.1 Å². The second-order valence-corrected chi connectivity index (χ2v) is 7.90. The topological polar surface area (TPSA) is 60.9 Å². The minimum absolute atomic E-state index is 0.129. The van der Waals surface area contributed by atoms with E-state index in [0.29, 0.717) is 33.4 Å². The fraction of sp³-hybridized carbons (Fsp3) is 0.0800. The number of hydrogen-bond donors (Lipinski definition) is 0. The first-order valence-corrected chi connectivity index (χ1v) is 10.2. The minimum atomic E-state index is -0.129. The van der Waals surface area contributed by atoms with E-state index < -0.39 is 0 Å². The molecule has 0 fully saturated rings. The number of rotatable bonds is 3. The molecular weight excluding hydrogens is 410 g/mol. The number of halogens is 1. The SMILES string of the molecule is Cc1ccc(-c2noc(-c3cn(-c4ccc(Cl)cc4)c(=O)c4ccccc34)n2)cc1C. The van der Waals surface area contributed by atoms with Crippen molar-refractivity contribution < 1.29 is 4.52 Å². The van der Waals surface area contributed by atoms with Gasteiger partial charge in [-0.05, 0) is 61.4 Å². The number of nitrogens with zero attached hydrogens (tertiary/aromatic N) is 3. The fourth-order valence-corrected chi connectivity index (χ4v) is 3.71. The summed E-state index contributed by atoms with van der Waals surface area (Å²) in [4.78, 5) is 17.8. The maximum absolute atomic E-state index is 13.2. The Balaban J connectivity index is 1.71. The molecule has 0 atom stereocenters. The van der Waals surface area contributed by atoms with Gasteiger partial charge in [0.05, 0.1) is 5.56 Å². The van der Waals surface area contributed by atoms with Gasteiger partial charge < -0.3 is 4.52 Å². The van der Waals surface area contributed by atoms with Gasteiger partial charge in [-0.15, -0.1) is 0 Å². The van der Waals surface area contributed by atoms with Crippen molar-refractivity contribution in [2.75, 3.05) is 0 Å². The average Bonchev–Trinajstić information content (AvgIpc) is 3.27. The van der Waals surface area contributed by atoms with Crippen molar-refractivity contribution in [3.63, 3.8) is 0 Å². The Morgan fingerprint density at radius 2 is 1.65 bits per heavy atom. The van der Waals surface area contributed by atoms with Crippen molar-refractivity contribution in [1.82, 2.24) is 14.7 Å². The molecule has 5 rings (SSSR count). The van der Waals surface area contributed by atoms with Crippen LogP contribution in [0.3, 0.4) is 0 Å². The van der Waals surface area contributed by atoms with Crippen LogP contribution in [0.5, 0.6) is 0 Å². The monoisotopic (exact) mass is 427 g/mol. The van der Waals surface area contributed by atoms with Crippen LogP contribution in [0.2, 0.25) is 5.02 Å². The first-order valence-electron chi connectivity index (χ1n) is 9.83. The van der Waals surface area contributed by atoms with E-state index in [1.165, 1.54) is 5.56 Å². The molecule has 0 radical (unpaired) electrons. The standard InChI is InChI=1S/C25H18ClN3O2/c1-15-7-8-17(13-16(15)2)23-27-24(31-28-23)22-14-29(19-11-9-18(26)10-12-19)25(30)21-6-4-3-5-20(21)22/h3-14H,1-2H3. The van der Waals surface area contributed by atoms with Crippen molar-refractivity contribution >= 4 is 22.4 Å². The molecule has 2 aromatic heterocycles. The summed E-state index contributed by atoms with van der Waals surface area (Å²) in [5.41, 5.74) is 4.51. The third kappa shape index (κ3) is 3.43. The summed E-state index contributed by atoms with van der Waals surface area (Å²) in [7, 11) is 0. The average molecular weight is 428 g/mol. The van der Waals surface area contributed by atoms with E-state index in [9.17, 15) is 4.79 Å². The first-order chi connectivity index (χ1) is 15.0. The highest BCUT2D eigenvalue weighted by Gasteiger charge is 2.17. The Kier molecular flexibility index (Phi) is 4.68. The Morgan fingerprint density at radius 3 is 2.39 bits per heavy atom. The summed E-state index contributed by atoms with van der Waals surface area (Å²) in [5.74, 6) is 0.860. The largest absolute Gasteiger partial charge is 0.334 e. The summed E-state index contributed by atoms with van der Waals surface area (Å²) < 4.78 is 7.21. The maximum Gasteiger partial charge on any atom is 0.262 e. The molecule has 0 spiro atoms. The van der Waals surface area contributed by atoms with Crippen LogP contribution in [0.1, 0.15) is 11.1 Å². The predicted octanol–water partition coefficient (Wildman–Crippen LogP) is 5.98. The number of hydrogen-bond acceptors (Lipinski definition) is 4. The van der Waals surface area contributed by atoms with Gasteiger partial charge in [0, 0.05) is 33.2 Å². The lowest BCUT2D eigenvalue weighted by atomic mass is 10.1. The predicted molar refractivity (Wildman–Crippen MR) is 123 cm³/mol. The molecule has 0 N–H and O–H groups in total. The van der Waals surface area contributed by atoms with E-state index in [2.05, 4.69) is 24.0 Å². The number of pyridine rings is 1. The van der Waals surface area contributed by atoms with Gasteiger partial charge in [0.25, 0.3) is 11.4 Å². The van der Waals surface area contributed by atoms with E-state index in [1.807, 2.05) is 36.4 Å².